The van der Waals surface area contributed by atoms with E-state index in [1.165, 1.54) is 0 Å². The minimum atomic E-state index is -1.41. The second-order valence-corrected chi connectivity index (χ2v) is 3.40. The number of fused-ring (bicyclic) bond motifs is 1. The third-order valence-corrected chi connectivity index (χ3v) is 2.63. The van der Waals surface area contributed by atoms with Gasteiger partial charge in [0.05, 0.1) is 6.04 Å². The van der Waals surface area contributed by atoms with E-state index in [0.717, 1.165) is 4.90 Å². The smallest absolute Gasteiger partial charge is 0.355 e. The maximum absolute atomic E-state index is 13.1. The number of hydrogen-bond acceptors (Lipinski definition) is 3. The van der Waals surface area contributed by atoms with Gasteiger partial charge in [0.15, 0.2) is 5.70 Å². The molecule has 2 aliphatic rings. The molecule has 1 saturated heterocycles. The number of nitrogens with two attached hydrogens (primary N) is 1. The molecule has 3 N–H and O–H groups in total. The number of rotatable bonds is 1. The SMILES string of the molecule is N[C@@H]1C(=O)N2C(C(=O)O)=C(F)CC[C@H]12. The summed E-state index contributed by atoms with van der Waals surface area (Å²) in [5.41, 5.74) is 4.92. The Labute approximate surface area is 79.0 Å². The van der Waals surface area contributed by atoms with E-state index in [2.05, 4.69) is 0 Å². The molecule has 0 radical (unpaired) electrons. The molecule has 5 nitrogen and oxygen atoms in total. The van der Waals surface area contributed by atoms with Crippen LogP contribution in [0.1, 0.15) is 12.8 Å². The lowest BCUT2D eigenvalue weighted by atomic mass is 9.87. The minimum Gasteiger partial charge on any atom is -0.476 e. The Kier molecular flexibility index (Phi) is 1.81. The van der Waals surface area contributed by atoms with E-state index in [9.17, 15) is 14.0 Å². The summed E-state index contributed by atoms with van der Waals surface area (Å²) < 4.78 is 13.1. The average Bonchev–Trinajstić information content (AvgIpc) is 2.15. The molecule has 0 aromatic carbocycles. The number of halogens is 1. The van der Waals surface area contributed by atoms with Crippen LogP contribution in [0.4, 0.5) is 4.39 Å². The molecular weight excluding hydrogens is 191 g/mol. The first-order valence-electron chi connectivity index (χ1n) is 4.24. The van der Waals surface area contributed by atoms with E-state index in [1.54, 1.807) is 0 Å². The summed E-state index contributed by atoms with van der Waals surface area (Å²) in [7, 11) is 0. The van der Waals surface area contributed by atoms with Gasteiger partial charge in [-0.25, -0.2) is 9.18 Å². The number of carbonyl (C=O) groups is 2. The fourth-order valence-corrected chi connectivity index (χ4v) is 1.89. The summed E-state index contributed by atoms with van der Waals surface area (Å²) in [6.07, 6.45) is 0.444. The van der Waals surface area contributed by atoms with Crippen LogP contribution in [0, 0.1) is 0 Å². The Morgan fingerprint density at radius 3 is 2.86 bits per heavy atom. The molecule has 0 saturated carbocycles. The van der Waals surface area contributed by atoms with Gasteiger partial charge < -0.3 is 10.8 Å². The van der Waals surface area contributed by atoms with Crippen molar-refractivity contribution in [3.8, 4) is 0 Å². The number of carboxylic acid groups (broad SMARTS) is 1. The fraction of sp³-hybridized carbons (Fsp3) is 0.500. The first-order valence-corrected chi connectivity index (χ1v) is 4.24. The highest BCUT2D eigenvalue weighted by molar-refractivity contribution is 5.99. The third-order valence-electron chi connectivity index (χ3n) is 2.63. The van der Waals surface area contributed by atoms with Crippen LogP contribution >= 0.6 is 0 Å². The van der Waals surface area contributed by atoms with Gasteiger partial charge in [0.2, 0.25) is 5.91 Å². The lowest BCUT2D eigenvalue weighted by Crippen LogP contribution is -2.69. The molecule has 6 heteroatoms. The summed E-state index contributed by atoms with van der Waals surface area (Å²) in [5.74, 6) is -2.66. The molecule has 2 rings (SSSR count). The Hall–Kier alpha value is -1.43. The average molecular weight is 200 g/mol. The number of nitrogens with zero attached hydrogens (tertiary/aromatic N) is 1. The van der Waals surface area contributed by atoms with Crippen molar-refractivity contribution in [3.05, 3.63) is 11.5 Å². The van der Waals surface area contributed by atoms with Crippen molar-refractivity contribution in [1.29, 1.82) is 0 Å². The summed E-state index contributed by atoms with van der Waals surface area (Å²) in [6.45, 7) is 0. The van der Waals surface area contributed by atoms with Crippen molar-refractivity contribution in [2.45, 2.75) is 24.9 Å². The molecule has 2 atom stereocenters. The largest absolute Gasteiger partial charge is 0.476 e. The number of carboxylic acids is 1. The van der Waals surface area contributed by atoms with Crippen molar-refractivity contribution in [3.63, 3.8) is 0 Å². The van der Waals surface area contributed by atoms with Crippen molar-refractivity contribution >= 4 is 11.9 Å². The Morgan fingerprint density at radius 1 is 1.64 bits per heavy atom. The van der Waals surface area contributed by atoms with Gasteiger partial charge in [0, 0.05) is 6.42 Å². The van der Waals surface area contributed by atoms with E-state index in [4.69, 9.17) is 10.8 Å². The second-order valence-electron chi connectivity index (χ2n) is 3.40. The Bertz CT molecular complexity index is 352. The summed E-state index contributed by atoms with van der Waals surface area (Å²) in [5, 5.41) is 8.70. The van der Waals surface area contributed by atoms with Crippen LogP contribution < -0.4 is 5.73 Å². The molecule has 2 aliphatic heterocycles. The highest BCUT2D eigenvalue weighted by Gasteiger charge is 2.51. The molecule has 1 amide bonds. The van der Waals surface area contributed by atoms with E-state index in [0.29, 0.717) is 6.42 Å². The third kappa shape index (κ3) is 0.971. The number of allylic oxidation sites excluding steroid dienone is 1. The number of β-lactam (4-membered cyclic amide) rings is 1. The molecule has 0 bridgehead atoms. The lowest BCUT2D eigenvalue weighted by molar-refractivity contribution is -0.153. The van der Waals surface area contributed by atoms with E-state index in [1.807, 2.05) is 0 Å². The summed E-state index contributed by atoms with van der Waals surface area (Å²) in [6, 6.07) is -1.01. The molecule has 2 heterocycles. The van der Waals surface area contributed by atoms with Crippen molar-refractivity contribution in [1.82, 2.24) is 4.90 Å². The van der Waals surface area contributed by atoms with Crippen LogP contribution in [0.15, 0.2) is 11.5 Å². The second kappa shape index (κ2) is 2.78. The number of hydrogen-bond donors (Lipinski definition) is 2. The number of amides is 1. The predicted octanol–water partition coefficient (Wildman–Crippen LogP) is -0.416. The molecule has 14 heavy (non-hydrogen) atoms. The Morgan fingerprint density at radius 2 is 2.29 bits per heavy atom. The Balaban J connectivity index is 2.37. The van der Waals surface area contributed by atoms with Gasteiger partial charge in [-0.05, 0) is 6.42 Å². The zero-order valence-corrected chi connectivity index (χ0v) is 7.24. The minimum absolute atomic E-state index is 0.0454. The van der Waals surface area contributed by atoms with Gasteiger partial charge >= 0.3 is 5.97 Å². The molecule has 0 aromatic heterocycles. The van der Waals surface area contributed by atoms with Gasteiger partial charge in [-0.15, -0.1) is 0 Å². The van der Waals surface area contributed by atoms with Crippen LogP contribution in [0.2, 0.25) is 0 Å². The first kappa shape index (κ1) is 9.14. The zero-order chi connectivity index (χ0) is 10.5. The summed E-state index contributed by atoms with van der Waals surface area (Å²) >= 11 is 0. The van der Waals surface area contributed by atoms with Gasteiger partial charge in [-0.3, -0.25) is 9.69 Å². The quantitative estimate of drug-likeness (QED) is 0.563. The lowest BCUT2D eigenvalue weighted by Gasteiger charge is -2.47. The molecule has 76 valence electrons. The molecule has 0 unspecified atom stereocenters. The van der Waals surface area contributed by atoms with Crippen molar-refractivity contribution in [2.75, 3.05) is 0 Å². The van der Waals surface area contributed by atoms with Gasteiger partial charge in [0.25, 0.3) is 0 Å². The monoisotopic (exact) mass is 200 g/mol. The topological polar surface area (TPSA) is 83.6 Å². The highest BCUT2D eigenvalue weighted by Crippen LogP contribution is 2.35. The van der Waals surface area contributed by atoms with E-state index in [-0.39, 0.29) is 12.5 Å². The van der Waals surface area contributed by atoms with Crippen LogP contribution in [0.5, 0.6) is 0 Å². The zero-order valence-electron chi connectivity index (χ0n) is 7.24. The first-order chi connectivity index (χ1) is 6.54. The van der Waals surface area contributed by atoms with E-state index < -0.39 is 29.4 Å². The van der Waals surface area contributed by atoms with Crippen LogP contribution in [0.25, 0.3) is 0 Å². The van der Waals surface area contributed by atoms with Crippen LogP contribution in [0.3, 0.4) is 0 Å². The maximum atomic E-state index is 13.1. The molecule has 0 spiro atoms. The fourth-order valence-electron chi connectivity index (χ4n) is 1.89. The number of aliphatic carboxylic acids is 1. The summed E-state index contributed by atoms with van der Waals surface area (Å²) in [4.78, 5) is 22.8. The van der Waals surface area contributed by atoms with E-state index >= 15 is 0 Å². The predicted molar refractivity (Wildman–Crippen MR) is 43.6 cm³/mol. The van der Waals surface area contributed by atoms with Gasteiger partial charge in [-0.2, -0.15) is 0 Å². The normalized spacial score (nSPS) is 31.3. The van der Waals surface area contributed by atoms with Crippen LogP contribution in [-0.4, -0.2) is 34.0 Å². The van der Waals surface area contributed by atoms with Crippen molar-refractivity contribution < 1.29 is 19.1 Å². The van der Waals surface area contributed by atoms with Gasteiger partial charge in [0.1, 0.15) is 11.9 Å². The molecular formula is C8H9FN2O3. The van der Waals surface area contributed by atoms with Gasteiger partial charge in [-0.1, -0.05) is 0 Å². The molecule has 0 aromatic rings. The highest BCUT2D eigenvalue weighted by atomic mass is 19.1. The molecule has 1 fully saturated rings. The molecule has 0 aliphatic carbocycles. The number of carbonyl (C=O) groups excluding carboxylic acids is 1. The van der Waals surface area contributed by atoms with Crippen LogP contribution in [-0.2, 0) is 9.59 Å². The standard InChI is InChI=1S/C8H9FN2O3/c9-3-1-2-4-5(10)7(12)11(4)6(3)8(13)14/h4-5H,1-2,10H2,(H,13,14)/t4-,5+/m1/s1. The van der Waals surface area contributed by atoms with Crippen molar-refractivity contribution in [2.24, 2.45) is 5.73 Å². The maximum Gasteiger partial charge on any atom is 0.355 e.